The van der Waals surface area contributed by atoms with Crippen molar-refractivity contribution in [1.29, 1.82) is 0 Å². The van der Waals surface area contributed by atoms with Gasteiger partial charge in [-0.2, -0.15) is 0 Å². The molecule has 0 amide bonds. The smallest absolute Gasteiger partial charge is 0.472 e. The number of esters is 2. The number of hydrogen-bond acceptors (Lipinski definition) is 9. The molecule has 1 unspecified atom stereocenters. The maximum absolute atomic E-state index is 12.7. The maximum atomic E-state index is 12.7. The normalized spacial score (nSPS) is 14.0. The minimum Gasteiger partial charge on any atom is -0.480 e. The first-order valence-electron chi connectivity index (χ1n) is 24.7. The molecule has 0 aliphatic rings. The number of carboxylic acid groups (broad SMARTS) is 1. The zero-order chi connectivity index (χ0) is 45.6. The SMILES string of the molecule is CC/C=C\C/C=C\C/C=C\C/C=C\CCCCCCC(=O)O[C@H](COC(=O)CCCCCCCCCCCCCCCCCCCCCCC)COP(=O)(O)OC[C@H](N)C(=O)O. The highest BCUT2D eigenvalue weighted by molar-refractivity contribution is 7.47. The second kappa shape index (κ2) is 45.0. The van der Waals surface area contributed by atoms with Gasteiger partial charge in [0, 0.05) is 12.8 Å². The Labute approximate surface area is 377 Å². The molecule has 0 aromatic rings. The molecule has 0 rings (SSSR count). The molecule has 0 saturated heterocycles. The van der Waals surface area contributed by atoms with Crippen LogP contribution < -0.4 is 5.73 Å². The Bertz CT molecular complexity index is 1240. The molecule has 0 fully saturated rings. The number of ether oxygens (including phenoxy) is 2. The summed E-state index contributed by atoms with van der Waals surface area (Å²) in [6.45, 7) is 2.69. The Morgan fingerprint density at radius 1 is 0.516 bits per heavy atom. The molecule has 4 N–H and O–H groups in total. The van der Waals surface area contributed by atoms with Crippen LogP contribution in [0.25, 0.3) is 0 Å². The van der Waals surface area contributed by atoms with Crippen LogP contribution in [0, 0.1) is 0 Å². The predicted molar refractivity (Wildman–Crippen MR) is 254 cm³/mol. The van der Waals surface area contributed by atoms with Crippen LogP contribution in [0.5, 0.6) is 0 Å². The van der Waals surface area contributed by atoms with Crippen LogP contribution in [0.1, 0.15) is 219 Å². The van der Waals surface area contributed by atoms with Gasteiger partial charge in [-0.05, 0) is 51.4 Å². The van der Waals surface area contributed by atoms with Gasteiger partial charge in [0.15, 0.2) is 6.10 Å². The van der Waals surface area contributed by atoms with Gasteiger partial charge in [0.25, 0.3) is 0 Å². The lowest BCUT2D eigenvalue weighted by atomic mass is 10.0. The van der Waals surface area contributed by atoms with Crippen molar-refractivity contribution in [1.82, 2.24) is 0 Å². The summed E-state index contributed by atoms with van der Waals surface area (Å²) in [5, 5.41) is 8.91. The number of hydrogen-bond donors (Lipinski definition) is 3. The van der Waals surface area contributed by atoms with E-state index in [1.807, 2.05) is 0 Å². The van der Waals surface area contributed by atoms with Crippen LogP contribution in [-0.4, -0.2) is 59.9 Å². The van der Waals surface area contributed by atoms with Crippen LogP contribution in [0.4, 0.5) is 0 Å². The Hall–Kier alpha value is -2.56. The molecule has 0 spiro atoms. The van der Waals surface area contributed by atoms with Crippen LogP contribution in [0.3, 0.4) is 0 Å². The zero-order valence-corrected chi connectivity index (χ0v) is 40.1. The average molecular weight is 896 g/mol. The summed E-state index contributed by atoms with van der Waals surface area (Å²) in [5.74, 6) is -2.40. The molecule has 0 bridgehead atoms. The summed E-state index contributed by atoms with van der Waals surface area (Å²) in [7, 11) is -4.73. The first-order chi connectivity index (χ1) is 30.1. The molecule has 0 aliphatic heterocycles. The topological polar surface area (TPSA) is 172 Å². The first-order valence-corrected chi connectivity index (χ1v) is 26.2. The summed E-state index contributed by atoms with van der Waals surface area (Å²) >= 11 is 0. The molecule has 0 aromatic heterocycles. The number of carbonyl (C=O) groups is 3. The van der Waals surface area contributed by atoms with Crippen molar-refractivity contribution in [3.05, 3.63) is 48.6 Å². The number of nitrogens with two attached hydrogens (primary N) is 1. The summed E-state index contributed by atoms with van der Waals surface area (Å²) in [6.07, 6.45) is 51.8. The van der Waals surface area contributed by atoms with E-state index in [9.17, 15) is 23.8 Å². The Balaban J connectivity index is 4.27. The van der Waals surface area contributed by atoms with Crippen molar-refractivity contribution in [3.8, 4) is 0 Å². The third-order valence-electron chi connectivity index (χ3n) is 10.6. The first kappa shape index (κ1) is 59.4. The third-order valence-corrected chi connectivity index (χ3v) is 11.5. The second-order valence-electron chi connectivity index (χ2n) is 16.6. The van der Waals surface area contributed by atoms with Crippen molar-refractivity contribution in [3.63, 3.8) is 0 Å². The third kappa shape index (κ3) is 44.1. The largest absolute Gasteiger partial charge is 0.480 e. The molecule has 3 atom stereocenters. The van der Waals surface area contributed by atoms with Crippen LogP contribution in [-0.2, 0) is 37.5 Å². The number of phosphoric acid groups is 1. The molecular formula is C50H90NO10P. The van der Waals surface area contributed by atoms with Gasteiger partial charge in [-0.15, -0.1) is 0 Å². The van der Waals surface area contributed by atoms with E-state index >= 15 is 0 Å². The molecule has 0 aromatic carbocycles. The van der Waals surface area contributed by atoms with Crippen molar-refractivity contribution in [2.45, 2.75) is 231 Å². The average Bonchev–Trinajstić information content (AvgIpc) is 3.25. The lowest BCUT2D eigenvalue weighted by Gasteiger charge is -2.20. The van der Waals surface area contributed by atoms with Crippen LogP contribution >= 0.6 is 7.82 Å². The fraction of sp³-hybridized carbons (Fsp3) is 0.780. The van der Waals surface area contributed by atoms with Crippen molar-refractivity contribution in [2.75, 3.05) is 19.8 Å². The van der Waals surface area contributed by atoms with Gasteiger partial charge in [0.05, 0.1) is 13.2 Å². The van der Waals surface area contributed by atoms with Crippen LogP contribution in [0.15, 0.2) is 48.6 Å². The van der Waals surface area contributed by atoms with E-state index in [1.165, 1.54) is 109 Å². The lowest BCUT2D eigenvalue weighted by molar-refractivity contribution is -0.161. The molecule has 0 saturated carbocycles. The van der Waals surface area contributed by atoms with E-state index in [-0.39, 0.29) is 19.4 Å². The van der Waals surface area contributed by atoms with E-state index in [1.54, 1.807) is 0 Å². The van der Waals surface area contributed by atoms with Crippen molar-refractivity contribution in [2.24, 2.45) is 5.73 Å². The van der Waals surface area contributed by atoms with E-state index < -0.39 is 51.1 Å². The van der Waals surface area contributed by atoms with Gasteiger partial charge in [-0.25, -0.2) is 4.57 Å². The van der Waals surface area contributed by atoms with Gasteiger partial charge in [0.2, 0.25) is 0 Å². The fourth-order valence-electron chi connectivity index (χ4n) is 6.76. The number of phosphoric ester groups is 1. The van der Waals surface area contributed by atoms with E-state index in [0.717, 1.165) is 70.6 Å². The van der Waals surface area contributed by atoms with Gasteiger partial charge in [-0.1, -0.05) is 204 Å². The number of rotatable bonds is 46. The van der Waals surface area contributed by atoms with E-state index in [2.05, 4.69) is 67.0 Å². The summed E-state index contributed by atoms with van der Waals surface area (Å²) < 4.78 is 32.8. The highest BCUT2D eigenvalue weighted by Gasteiger charge is 2.28. The second-order valence-corrected chi connectivity index (χ2v) is 18.0. The predicted octanol–water partition coefficient (Wildman–Crippen LogP) is 13.7. The molecule has 12 heteroatoms. The molecular weight excluding hydrogens is 806 g/mol. The summed E-state index contributed by atoms with van der Waals surface area (Å²) in [5.41, 5.74) is 5.34. The molecule has 360 valence electrons. The number of carbonyl (C=O) groups excluding carboxylic acids is 2. The molecule has 0 radical (unpaired) electrons. The molecule has 11 nitrogen and oxygen atoms in total. The van der Waals surface area contributed by atoms with Gasteiger partial charge in [0.1, 0.15) is 12.6 Å². The van der Waals surface area contributed by atoms with Crippen molar-refractivity contribution >= 4 is 25.7 Å². The lowest BCUT2D eigenvalue weighted by Crippen LogP contribution is -2.34. The van der Waals surface area contributed by atoms with Gasteiger partial charge >= 0.3 is 25.7 Å². The zero-order valence-electron chi connectivity index (χ0n) is 39.2. The molecule has 0 aliphatic carbocycles. The fourth-order valence-corrected chi connectivity index (χ4v) is 7.54. The minimum absolute atomic E-state index is 0.134. The quantitative estimate of drug-likeness (QED) is 0.0230. The standard InChI is InChI=1S/C50H90NO10P/c1-3-5-7-9-11-13-15-17-19-21-22-23-24-26-27-29-31-33-35-37-39-41-48(52)58-43-46(44-59-62(56,57)60-45-47(51)50(54)55)61-49(53)42-40-38-36-34-32-30-28-25-20-18-16-14-12-10-8-6-4-2/h6,8,12,14,18,20,28,30,46-47H,3-5,7,9-11,13,15-17,19,21-27,29,31-45,51H2,1-2H3,(H,54,55)(H,56,57)/b8-6-,14-12-,20-18-,30-28-/t46-,47+/m1/s1. The monoisotopic (exact) mass is 896 g/mol. The van der Waals surface area contributed by atoms with E-state index in [0.29, 0.717) is 12.8 Å². The van der Waals surface area contributed by atoms with Gasteiger partial charge < -0.3 is 25.2 Å². The summed E-state index contributed by atoms with van der Waals surface area (Å²) in [6, 6.07) is -1.53. The van der Waals surface area contributed by atoms with Gasteiger partial charge in [-0.3, -0.25) is 23.4 Å². The Morgan fingerprint density at radius 3 is 1.35 bits per heavy atom. The number of allylic oxidation sites excluding steroid dienone is 8. The van der Waals surface area contributed by atoms with Crippen LogP contribution in [0.2, 0.25) is 0 Å². The number of unbranched alkanes of at least 4 members (excludes halogenated alkanes) is 24. The number of aliphatic carboxylic acids is 1. The Kier molecular flexibility index (Phi) is 43.2. The summed E-state index contributed by atoms with van der Waals surface area (Å²) in [4.78, 5) is 46.1. The Morgan fingerprint density at radius 2 is 0.903 bits per heavy atom. The molecule has 62 heavy (non-hydrogen) atoms. The van der Waals surface area contributed by atoms with Crippen molar-refractivity contribution < 1.29 is 47.5 Å². The number of carboxylic acids is 1. The highest BCUT2D eigenvalue weighted by atomic mass is 31.2. The van der Waals surface area contributed by atoms with E-state index in [4.69, 9.17) is 24.8 Å². The highest BCUT2D eigenvalue weighted by Crippen LogP contribution is 2.43. The minimum atomic E-state index is -4.73. The maximum Gasteiger partial charge on any atom is 0.472 e. The molecule has 0 heterocycles.